The second-order valence-electron chi connectivity index (χ2n) is 6.42. The molecule has 0 spiro atoms. The summed E-state index contributed by atoms with van der Waals surface area (Å²) in [6.45, 7) is 0. The monoisotopic (exact) mass is 388 g/mol. The van der Waals surface area contributed by atoms with E-state index in [4.69, 9.17) is 0 Å². The van der Waals surface area contributed by atoms with Crippen molar-refractivity contribution in [3.63, 3.8) is 0 Å². The summed E-state index contributed by atoms with van der Waals surface area (Å²) in [5, 5.41) is 15.4. The van der Waals surface area contributed by atoms with Crippen molar-refractivity contribution in [2.75, 3.05) is 5.32 Å². The normalized spacial score (nSPS) is 15.2. The number of anilines is 1. The van der Waals surface area contributed by atoms with Crippen molar-refractivity contribution < 1.29 is 14.5 Å². The molecule has 0 bridgehead atoms. The first kappa shape index (κ1) is 18.2. The van der Waals surface area contributed by atoms with Crippen molar-refractivity contribution in [2.24, 2.45) is 0 Å². The molecule has 1 atom stereocenters. The van der Waals surface area contributed by atoms with Gasteiger partial charge in [-0.3, -0.25) is 25.1 Å². The lowest BCUT2D eigenvalue weighted by atomic mass is 10.0. The Balaban J connectivity index is 1.71. The van der Waals surface area contributed by atoms with Crippen molar-refractivity contribution in [3.8, 4) is 0 Å². The highest BCUT2D eigenvalue weighted by atomic mass is 16.6. The summed E-state index contributed by atoms with van der Waals surface area (Å²) in [5.41, 5.74) is 4.63. The Labute approximate surface area is 165 Å². The molecule has 0 fully saturated rings. The van der Waals surface area contributed by atoms with E-state index in [1.54, 1.807) is 66.7 Å². The van der Waals surface area contributed by atoms with E-state index in [2.05, 4.69) is 10.7 Å². The molecule has 3 aromatic rings. The van der Waals surface area contributed by atoms with Gasteiger partial charge in [0.05, 0.1) is 10.5 Å². The quantitative estimate of drug-likeness (QED) is 0.526. The average Bonchev–Trinajstić information content (AvgIpc) is 2.76. The fraction of sp³-hybridized carbons (Fsp3) is 0.0476. The van der Waals surface area contributed by atoms with Gasteiger partial charge in [0.1, 0.15) is 6.17 Å². The summed E-state index contributed by atoms with van der Waals surface area (Å²) >= 11 is 0. The summed E-state index contributed by atoms with van der Waals surface area (Å²) in [7, 11) is 0. The third-order valence-corrected chi connectivity index (χ3v) is 4.60. The molecule has 0 saturated carbocycles. The third kappa shape index (κ3) is 3.51. The molecular formula is C21H16N4O4. The number of nitrogens with zero attached hydrogens (tertiary/aromatic N) is 2. The molecule has 2 amide bonds. The lowest BCUT2D eigenvalue weighted by Crippen LogP contribution is -2.52. The number of hydrazine groups is 1. The number of nitro groups is 1. The number of hydrogen-bond acceptors (Lipinski definition) is 5. The Morgan fingerprint density at radius 1 is 0.966 bits per heavy atom. The van der Waals surface area contributed by atoms with E-state index in [1.165, 1.54) is 17.1 Å². The molecular weight excluding hydrogens is 372 g/mol. The third-order valence-electron chi connectivity index (χ3n) is 4.60. The van der Waals surface area contributed by atoms with Crippen LogP contribution >= 0.6 is 0 Å². The summed E-state index contributed by atoms with van der Waals surface area (Å²) < 4.78 is 0. The van der Waals surface area contributed by atoms with E-state index in [0.29, 0.717) is 22.4 Å². The van der Waals surface area contributed by atoms with Crippen molar-refractivity contribution in [3.05, 3.63) is 106 Å². The van der Waals surface area contributed by atoms with E-state index < -0.39 is 17.0 Å². The van der Waals surface area contributed by atoms with Crippen LogP contribution in [-0.2, 0) is 0 Å². The molecule has 1 aliphatic heterocycles. The lowest BCUT2D eigenvalue weighted by molar-refractivity contribution is -0.384. The molecule has 0 aromatic heterocycles. The van der Waals surface area contributed by atoms with Gasteiger partial charge in [0.2, 0.25) is 0 Å². The zero-order valence-electron chi connectivity index (χ0n) is 15.1. The van der Waals surface area contributed by atoms with Crippen LogP contribution in [0.3, 0.4) is 0 Å². The lowest BCUT2D eigenvalue weighted by Gasteiger charge is -2.37. The zero-order chi connectivity index (χ0) is 20.4. The van der Waals surface area contributed by atoms with Gasteiger partial charge in [-0.2, -0.15) is 0 Å². The molecule has 0 radical (unpaired) electrons. The van der Waals surface area contributed by atoms with Gasteiger partial charge in [0.25, 0.3) is 17.5 Å². The maximum absolute atomic E-state index is 13.1. The van der Waals surface area contributed by atoms with Crippen LogP contribution < -0.4 is 10.7 Å². The molecule has 0 saturated heterocycles. The van der Waals surface area contributed by atoms with Gasteiger partial charge < -0.3 is 5.32 Å². The van der Waals surface area contributed by atoms with Crippen molar-refractivity contribution >= 4 is 23.2 Å². The minimum absolute atomic E-state index is 0.0591. The number of non-ortho nitro benzene ring substituents is 1. The Morgan fingerprint density at radius 2 is 1.62 bits per heavy atom. The number of fused-ring (bicyclic) bond motifs is 1. The van der Waals surface area contributed by atoms with Gasteiger partial charge in [-0.15, -0.1) is 0 Å². The minimum atomic E-state index is -0.731. The van der Waals surface area contributed by atoms with E-state index in [1.807, 2.05) is 0 Å². The first-order chi connectivity index (χ1) is 14.0. The van der Waals surface area contributed by atoms with Crippen LogP contribution in [0, 0.1) is 10.1 Å². The Hall–Kier alpha value is -4.20. The number of nitro benzene ring substituents is 1. The number of rotatable bonds is 4. The summed E-state index contributed by atoms with van der Waals surface area (Å²) in [4.78, 5) is 36.2. The summed E-state index contributed by atoms with van der Waals surface area (Å²) in [6, 6.07) is 21.3. The molecule has 4 rings (SSSR count). The predicted octanol–water partition coefficient (Wildman–Crippen LogP) is 3.51. The number of carbonyl (C=O) groups is 2. The van der Waals surface area contributed by atoms with Crippen LogP contribution in [0.25, 0.3) is 0 Å². The molecule has 1 heterocycles. The number of carbonyl (C=O) groups excluding carboxylic acids is 2. The molecule has 2 N–H and O–H groups in total. The van der Waals surface area contributed by atoms with Crippen molar-refractivity contribution in [1.29, 1.82) is 0 Å². The molecule has 144 valence electrons. The van der Waals surface area contributed by atoms with Gasteiger partial charge in [0.15, 0.2) is 0 Å². The van der Waals surface area contributed by atoms with E-state index in [0.717, 1.165) is 0 Å². The Morgan fingerprint density at radius 3 is 2.31 bits per heavy atom. The number of nitrogens with one attached hydrogen (secondary N) is 2. The first-order valence-corrected chi connectivity index (χ1v) is 8.84. The minimum Gasteiger partial charge on any atom is -0.359 e. The van der Waals surface area contributed by atoms with Gasteiger partial charge in [-0.25, -0.2) is 5.01 Å². The van der Waals surface area contributed by atoms with Crippen molar-refractivity contribution in [1.82, 2.24) is 10.4 Å². The molecule has 3 aromatic carbocycles. The highest BCUT2D eigenvalue weighted by Gasteiger charge is 2.34. The maximum atomic E-state index is 13.1. The van der Waals surface area contributed by atoms with Gasteiger partial charge in [0, 0.05) is 23.4 Å². The second-order valence-corrected chi connectivity index (χ2v) is 6.42. The number of amides is 2. The van der Waals surface area contributed by atoms with Gasteiger partial charge >= 0.3 is 0 Å². The van der Waals surface area contributed by atoms with Crippen LogP contribution in [0.15, 0.2) is 78.9 Å². The highest BCUT2D eigenvalue weighted by Crippen LogP contribution is 2.32. The van der Waals surface area contributed by atoms with Crippen LogP contribution in [0.4, 0.5) is 11.4 Å². The van der Waals surface area contributed by atoms with Crippen LogP contribution in [0.5, 0.6) is 0 Å². The largest absolute Gasteiger partial charge is 0.359 e. The second kappa shape index (κ2) is 7.43. The topological polar surface area (TPSA) is 105 Å². The van der Waals surface area contributed by atoms with E-state index in [9.17, 15) is 19.7 Å². The predicted molar refractivity (Wildman–Crippen MR) is 106 cm³/mol. The van der Waals surface area contributed by atoms with Crippen LogP contribution in [0.1, 0.15) is 32.4 Å². The Kier molecular flexibility index (Phi) is 4.66. The number of para-hydroxylation sites is 1. The fourth-order valence-corrected chi connectivity index (χ4v) is 3.14. The standard InChI is InChI=1S/C21H16N4O4/c26-20(15-6-2-1-3-7-15)23-24-19(14-10-12-16(13-11-14)25(28)29)22-18-9-5-4-8-17(18)21(24)27/h1-13,19,22H,(H,23,26). The number of hydrogen-bond donors (Lipinski definition) is 2. The average molecular weight is 388 g/mol. The number of benzene rings is 3. The SMILES string of the molecule is O=C(NN1C(=O)c2ccccc2NC1c1ccc([N+](=O)[O-])cc1)c1ccccc1. The van der Waals surface area contributed by atoms with E-state index >= 15 is 0 Å². The molecule has 29 heavy (non-hydrogen) atoms. The molecule has 8 heteroatoms. The molecule has 1 unspecified atom stereocenters. The molecule has 0 aliphatic carbocycles. The maximum Gasteiger partial charge on any atom is 0.276 e. The Bertz CT molecular complexity index is 1080. The summed E-state index contributed by atoms with van der Waals surface area (Å²) in [6.07, 6.45) is -0.731. The molecule has 1 aliphatic rings. The van der Waals surface area contributed by atoms with E-state index in [-0.39, 0.29) is 11.6 Å². The van der Waals surface area contributed by atoms with Crippen molar-refractivity contribution in [2.45, 2.75) is 6.17 Å². The smallest absolute Gasteiger partial charge is 0.276 e. The first-order valence-electron chi connectivity index (χ1n) is 8.84. The van der Waals surface area contributed by atoms with Crippen LogP contribution in [-0.4, -0.2) is 21.7 Å². The van der Waals surface area contributed by atoms with Gasteiger partial charge in [-0.05, 0) is 42.0 Å². The zero-order valence-corrected chi connectivity index (χ0v) is 15.1. The molecule has 8 nitrogen and oxygen atoms in total. The fourth-order valence-electron chi connectivity index (χ4n) is 3.14. The highest BCUT2D eigenvalue weighted by molar-refractivity contribution is 6.03. The van der Waals surface area contributed by atoms with Gasteiger partial charge in [-0.1, -0.05) is 30.3 Å². The summed E-state index contributed by atoms with van der Waals surface area (Å²) in [5.74, 6) is -0.820. The van der Waals surface area contributed by atoms with Crippen LogP contribution in [0.2, 0.25) is 0 Å².